The molecule has 0 bridgehead atoms. The van der Waals surface area contributed by atoms with E-state index in [0.717, 1.165) is 11.3 Å². The van der Waals surface area contributed by atoms with E-state index in [2.05, 4.69) is 0 Å². The fourth-order valence-electron chi connectivity index (χ4n) is 2.58. The van der Waals surface area contributed by atoms with E-state index < -0.39 is 18.0 Å². The summed E-state index contributed by atoms with van der Waals surface area (Å²) in [6.45, 7) is 0.165. The quantitative estimate of drug-likeness (QED) is 0.534. The molecule has 0 heterocycles. The summed E-state index contributed by atoms with van der Waals surface area (Å²) in [4.78, 5) is 21.8. The normalized spacial score (nSPS) is 11.7. The van der Waals surface area contributed by atoms with Crippen molar-refractivity contribution in [1.82, 2.24) is 0 Å². The van der Waals surface area contributed by atoms with Crippen LogP contribution in [0.1, 0.15) is 37.7 Å². The third kappa shape index (κ3) is 7.92. The molecule has 0 aliphatic rings. The molecule has 2 N–H and O–H groups in total. The minimum Gasteiger partial charge on any atom is -0.481 e. The van der Waals surface area contributed by atoms with Crippen molar-refractivity contribution < 1.29 is 29.3 Å². The number of carbonyl (C=O) groups is 2. The molecule has 2 aromatic carbocycles. The Labute approximate surface area is 158 Å². The second-order valence-corrected chi connectivity index (χ2v) is 6.19. The molecule has 1 atom stereocenters. The third-order valence-electron chi connectivity index (χ3n) is 3.96. The van der Waals surface area contributed by atoms with Gasteiger partial charge in [-0.15, -0.1) is 0 Å². The van der Waals surface area contributed by atoms with Crippen molar-refractivity contribution in [3.05, 3.63) is 60.2 Å². The Balaban J connectivity index is 1.83. The van der Waals surface area contributed by atoms with Crippen molar-refractivity contribution in [3.8, 4) is 11.5 Å². The predicted molar refractivity (Wildman–Crippen MR) is 99.9 cm³/mol. The zero-order chi connectivity index (χ0) is 19.5. The second-order valence-electron chi connectivity index (χ2n) is 6.19. The highest BCUT2D eigenvalue weighted by atomic mass is 16.5. The average molecular weight is 372 g/mol. The molecule has 0 fully saturated rings. The number of hydrogen-bond donors (Lipinski definition) is 2. The third-order valence-corrected chi connectivity index (χ3v) is 3.96. The van der Waals surface area contributed by atoms with Gasteiger partial charge in [0.05, 0.1) is 6.61 Å². The fourth-order valence-corrected chi connectivity index (χ4v) is 2.58. The van der Waals surface area contributed by atoms with E-state index in [0.29, 0.717) is 31.4 Å². The summed E-state index contributed by atoms with van der Waals surface area (Å²) < 4.78 is 11.3. The number of rotatable bonds is 12. The van der Waals surface area contributed by atoms with Gasteiger partial charge in [-0.1, -0.05) is 43.2 Å². The molecule has 0 saturated heterocycles. The van der Waals surface area contributed by atoms with E-state index in [-0.39, 0.29) is 13.0 Å². The molecule has 0 aliphatic heterocycles. The Morgan fingerprint density at radius 2 is 1.63 bits per heavy atom. The zero-order valence-electron chi connectivity index (χ0n) is 15.0. The first-order valence-corrected chi connectivity index (χ1v) is 8.92. The van der Waals surface area contributed by atoms with Crippen LogP contribution in [0, 0.1) is 0 Å². The van der Waals surface area contributed by atoms with E-state index in [4.69, 9.17) is 14.6 Å². The maximum Gasteiger partial charge on any atom is 0.332 e. The standard InChI is InChI=1S/C21H24O6/c22-20(23)13-6-2-5-12-19(21(24)25)26-15-16-8-7-11-18(14-16)27-17-9-3-1-4-10-17/h1,3-4,7-11,14,19H,2,5-6,12-13,15H2,(H,22,23)(H,24,25). The van der Waals surface area contributed by atoms with Crippen LogP contribution in [0.15, 0.2) is 54.6 Å². The van der Waals surface area contributed by atoms with Crippen LogP contribution in [0.5, 0.6) is 11.5 Å². The van der Waals surface area contributed by atoms with Crippen LogP contribution in [-0.2, 0) is 20.9 Å². The Kier molecular flexibility index (Phi) is 8.32. The Morgan fingerprint density at radius 3 is 2.33 bits per heavy atom. The molecule has 0 amide bonds. The van der Waals surface area contributed by atoms with Gasteiger partial charge in [-0.2, -0.15) is 0 Å². The van der Waals surface area contributed by atoms with E-state index in [1.54, 1.807) is 0 Å². The molecule has 144 valence electrons. The Hall–Kier alpha value is -2.86. The van der Waals surface area contributed by atoms with Gasteiger partial charge in [-0.25, -0.2) is 4.79 Å². The molecule has 0 aromatic heterocycles. The van der Waals surface area contributed by atoms with Crippen molar-refractivity contribution >= 4 is 11.9 Å². The van der Waals surface area contributed by atoms with E-state index in [1.165, 1.54) is 0 Å². The SMILES string of the molecule is O=C(O)CCCCCC(OCc1cccc(Oc2ccccc2)c1)C(=O)O. The summed E-state index contributed by atoms with van der Waals surface area (Å²) in [7, 11) is 0. The minimum atomic E-state index is -1.01. The maximum absolute atomic E-state index is 11.4. The smallest absolute Gasteiger partial charge is 0.332 e. The summed E-state index contributed by atoms with van der Waals surface area (Å²) in [5, 5.41) is 17.9. The van der Waals surface area contributed by atoms with Gasteiger partial charge in [-0.05, 0) is 42.7 Å². The van der Waals surface area contributed by atoms with Gasteiger partial charge in [0, 0.05) is 6.42 Å². The topological polar surface area (TPSA) is 93.1 Å². The Bertz CT molecular complexity index is 728. The highest BCUT2D eigenvalue weighted by molar-refractivity contribution is 5.72. The minimum absolute atomic E-state index is 0.104. The monoisotopic (exact) mass is 372 g/mol. The number of ether oxygens (including phenoxy) is 2. The van der Waals surface area contributed by atoms with Crippen LogP contribution in [-0.4, -0.2) is 28.3 Å². The van der Waals surface area contributed by atoms with Crippen LogP contribution in [0.4, 0.5) is 0 Å². The number of para-hydroxylation sites is 1. The van der Waals surface area contributed by atoms with Crippen LogP contribution in [0.3, 0.4) is 0 Å². The number of benzene rings is 2. The molecule has 0 aliphatic carbocycles. The number of carboxylic acid groups (broad SMARTS) is 2. The van der Waals surface area contributed by atoms with Gasteiger partial charge in [-0.3, -0.25) is 4.79 Å². The Morgan fingerprint density at radius 1 is 0.889 bits per heavy atom. The van der Waals surface area contributed by atoms with Crippen LogP contribution in [0.2, 0.25) is 0 Å². The van der Waals surface area contributed by atoms with Gasteiger partial charge in [0.2, 0.25) is 0 Å². The number of aliphatic carboxylic acids is 2. The van der Waals surface area contributed by atoms with Crippen LogP contribution < -0.4 is 4.74 Å². The second kappa shape index (κ2) is 11.0. The first-order chi connectivity index (χ1) is 13.0. The van der Waals surface area contributed by atoms with Gasteiger partial charge in [0.25, 0.3) is 0 Å². The lowest BCUT2D eigenvalue weighted by Crippen LogP contribution is -2.23. The molecule has 6 heteroatoms. The summed E-state index contributed by atoms with van der Waals surface area (Å²) in [6.07, 6.45) is 1.37. The summed E-state index contributed by atoms with van der Waals surface area (Å²) >= 11 is 0. The molecule has 27 heavy (non-hydrogen) atoms. The average Bonchev–Trinajstić information content (AvgIpc) is 2.64. The van der Waals surface area contributed by atoms with Crippen LogP contribution in [0.25, 0.3) is 0 Å². The molecular weight excluding hydrogens is 348 g/mol. The molecular formula is C21H24O6. The molecule has 0 spiro atoms. The van der Waals surface area contributed by atoms with Crippen molar-refractivity contribution in [3.63, 3.8) is 0 Å². The lowest BCUT2D eigenvalue weighted by atomic mass is 10.1. The highest BCUT2D eigenvalue weighted by Gasteiger charge is 2.17. The summed E-state index contributed by atoms with van der Waals surface area (Å²) in [5.41, 5.74) is 0.820. The van der Waals surface area contributed by atoms with Crippen LogP contribution >= 0.6 is 0 Å². The lowest BCUT2D eigenvalue weighted by molar-refractivity contribution is -0.151. The van der Waals surface area contributed by atoms with Crippen molar-refractivity contribution in [1.29, 1.82) is 0 Å². The van der Waals surface area contributed by atoms with Gasteiger partial charge in [0.1, 0.15) is 11.5 Å². The number of carboxylic acids is 2. The van der Waals surface area contributed by atoms with E-state index >= 15 is 0 Å². The van der Waals surface area contributed by atoms with E-state index in [9.17, 15) is 14.7 Å². The fraction of sp³-hybridized carbons (Fsp3) is 0.333. The first-order valence-electron chi connectivity index (χ1n) is 8.92. The summed E-state index contributed by atoms with van der Waals surface area (Å²) in [6, 6.07) is 16.7. The lowest BCUT2D eigenvalue weighted by Gasteiger charge is -2.14. The molecule has 0 saturated carbocycles. The molecule has 1 unspecified atom stereocenters. The highest BCUT2D eigenvalue weighted by Crippen LogP contribution is 2.22. The van der Waals surface area contributed by atoms with Crippen molar-refractivity contribution in [2.45, 2.75) is 44.8 Å². The van der Waals surface area contributed by atoms with Gasteiger partial charge < -0.3 is 19.7 Å². The maximum atomic E-state index is 11.4. The predicted octanol–water partition coefficient (Wildman–Crippen LogP) is 4.48. The zero-order valence-corrected chi connectivity index (χ0v) is 15.0. The number of hydrogen-bond acceptors (Lipinski definition) is 4. The molecule has 2 rings (SSSR count). The van der Waals surface area contributed by atoms with E-state index in [1.807, 2.05) is 54.6 Å². The molecule has 2 aromatic rings. The van der Waals surface area contributed by atoms with Crippen molar-refractivity contribution in [2.24, 2.45) is 0 Å². The van der Waals surface area contributed by atoms with Crippen molar-refractivity contribution in [2.75, 3.05) is 0 Å². The van der Waals surface area contributed by atoms with Gasteiger partial charge in [0.15, 0.2) is 6.10 Å². The largest absolute Gasteiger partial charge is 0.481 e. The van der Waals surface area contributed by atoms with Gasteiger partial charge >= 0.3 is 11.9 Å². The number of unbranched alkanes of at least 4 members (excludes halogenated alkanes) is 2. The first kappa shape index (κ1) is 20.5. The summed E-state index contributed by atoms with van der Waals surface area (Å²) in [5.74, 6) is -0.466. The molecule has 0 radical (unpaired) electrons. The molecule has 6 nitrogen and oxygen atoms in total.